The van der Waals surface area contributed by atoms with E-state index in [-0.39, 0.29) is 38.1 Å². The first kappa shape index (κ1) is 27.1. The number of carbonyl (C=O) groups excluding carboxylic acids is 3. The van der Waals surface area contributed by atoms with Crippen molar-refractivity contribution < 1.29 is 32.3 Å². The molecule has 0 spiro atoms. The largest absolute Gasteiger partial charge is 0.471 e. The fraction of sp³-hybridized carbons (Fsp3) is 0.429. The Morgan fingerprint density at radius 3 is 2.38 bits per heavy atom. The molecule has 0 aliphatic carbocycles. The van der Waals surface area contributed by atoms with Crippen LogP contribution in [-0.2, 0) is 19.1 Å². The first-order chi connectivity index (χ1) is 15.0. The molecule has 32 heavy (non-hydrogen) atoms. The molecule has 1 rings (SSSR count). The number of halogens is 3. The number of thiocarbonyl (C=S) groups is 1. The Balaban J connectivity index is 2.80. The minimum atomic E-state index is -5.07. The molecule has 11 heteroatoms. The van der Waals surface area contributed by atoms with Crippen molar-refractivity contribution in [1.82, 2.24) is 10.6 Å². The lowest BCUT2D eigenvalue weighted by molar-refractivity contribution is -0.170. The Labute approximate surface area is 190 Å². The van der Waals surface area contributed by atoms with Crippen LogP contribution in [0.3, 0.4) is 0 Å². The molecule has 0 unspecified atom stereocenters. The average Bonchev–Trinajstić information content (AvgIpc) is 2.75. The number of alkyl halides is 3. The van der Waals surface area contributed by atoms with Gasteiger partial charge < -0.3 is 20.3 Å². The second-order valence-corrected chi connectivity index (χ2v) is 7.01. The summed E-state index contributed by atoms with van der Waals surface area (Å²) in [6.45, 7) is 5.05. The summed E-state index contributed by atoms with van der Waals surface area (Å²) in [4.78, 5) is 36.6. The number of amides is 2. The number of benzene rings is 1. The van der Waals surface area contributed by atoms with E-state index in [0.717, 1.165) is 0 Å². The monoisotopic (exact) mass is 473 g/mol. The van der Waals surface area contributed by atoms with Crippen LogP contribution in [-0.4, -0.2) is 55.2 Å². The van der Waals surface area contributed by atoms with Gasteiger partial charge in [0, 0.05) is 31.3 Å². The van der Waals surface area contributed by atoms with Crippen molar-refractivity contribution in [1.29, 1.82) is 0 Å². The Morgan fingerprint density at radius 1 is 1.25 bits per heavy atom. The van der Waals surface area contributed by atoms with Crippen molar-refractivity contribution in [3.05, 3.63) is 42.5 Å². The van der Waals surface area contributed by atoms with Gasteiger partial charge in [0.1, 0.15) is 4.99 Å². The third-order valence-electron chi connectivity index (χ3n) is 4.26. The van der Waals surface area contributed by atoms with E-state index in [0.29, 0.717) is 15.5 Å². The van der Waals surface area contributed by atoms with Crippen LogP contribution in [0.2, 0.25) is 0 Å². The minimum Gasteiger partial charge on any atom is -0.466 e. The first-order valence-electron chi connectivity index (χ1n) is 9.81. The molecule has 0 saturated heterocycles. The molecule has 0 aliphatic rings. The number of esters is 1. The topological polar surface area (TPSA) is 87.7 Å². The van der Waals surface area contributed by atoms with E-state index in [1.807, 2.05) is 0 Å². The summed E-state index contributed by atoms with van der Waals surface area (Å²) in [5, 5.41) is 5.30. The molecule has 1 aromatic rings. The lowest BCUT2D eigenvalue weighted by Crippen LogP contribution is -2.42. The first-order valence-corrected chi connectivity index (χ1v) is 10.2. The predicted octanol–water partition coefficient (Wildman–Crippen LogP) is 2.88. The number of rotatable bonds is 11. The molecule has 0 fully saturated rings. The average molecular weight is 474 g/mol. The van der Waals surface area contributed by atoms with Crippen molar-refractivity contribution in [2.24, 2.45) is 0 Å². The van der Waals surface area contributed by atoms with E-state index in [1.54, 1.807) is 14.0 Å². The third kappa shape index (κ3) is 8.66. The number of hydrogen-bond donors (Lipinski definition) is 2. The van der Waals surface area contributed by atoms with E-state index in [9.17, 15) is 27.6 Å². The molecule has 2 amide bonds. The molecule has 1 atom stereocenters. The van der Waals surface area contributed by atoms with Gasteiger partial charge in [0.15, 0.2) is 0 Å². The SMILES string of the molecule is C=C[C@H](CC(=O)OCC)NC(=O)CCCN(C(=O)C(F)(F)F)c1ccc(C(=S)NC)cc1. The molecule has 0 bridgehead atoms. The summed E-state index contributed by atoms with van der Waals surface area (Å²) in [5.41, 5.74) is 0.615. The number of carbonyl (C=O) groups is 3. The molecule has 0 radical (unpaired) electrons. The standard InChI is InChI=1S/C21H26F3N3O4S/c1-4-15(13-18(29)31-5-2)26-17(28)7-6-12-27(20(30)21(22,23)24)16-10-8-14(9-11-16)19(32)25-3/h4,8-11,15H,1,5-7,12-13H2,2-3H3,(H,25,32)(H,26,28)/t15-/m1/s1. The van der Waals surface area contributed by atoms with Crippen molar-refractivity contribution in [3.63, 3.8) is 0 Å². The lowest BCUT2D eigenvalue weighted by atomic mass is 10.1. The van der Waals surface area contributed by atoms with Crippen LogP contribution in [0, 0.1) is 0 Å². The third-order valence-corrected chi connectivity index (χ3v) is 4.70. The molecule has 1 aromatic carbocycles. The maximum absolute atomic E-state index is 13.1. The molecule has 0 aliphatic heterocycles. The lowest BCUT2D eigenvalue weighted by Gasteiger charge is -2.24. The van der Waals surface area contributed by atoms with Gasteiger partial charge in [-0.15, -0.1) is 6.58 Å². The Bertz CT molecular complexity index is 829. The zero-order valence-corrected chi connectivity index (χ0v) is 18.6. The summed E-state index contributed by atoms with van der Waals surface area (Å²) in [7, 11) is 1.62. The number of hydrogen-bond acceptors (Lipinski definition) is 5. The van der Waals surface area contributed by atoms with Gasteiger partial charge in [-0.2, -0.15) is 13.2 Å². The van der Waals surface area contributed by atoms with Crippen molar-refractivity contribution in [2.45, 2.75) is 38.4 Å². The zero-order chi connectivity index (χ0) is 24.3. The van der Waals surface area contributed by atoms with Crippen LogP contribution >= 0.6 is 12.2 Å². The summed E-state index contributed by atoms with van der Waals surface area (Å²) in [6, 6.07) is 5.05. The van der Waals surface area contributed by atoms with Gasteiger partial charge >= 0.3 is 18.1 Å². The molecular weight excluding hydrogens is 447 g/mol. The van der Waals surface area contributed by atoms with Crippen LogP contribution in [0.15, 0.2) is 36.9 Å². The second-order valence-electron chi connectivity index (χ2n) is 6.60. The fourth-order valence-corrected chi connectivity index (χ4v) is 2.84. The van der Waals surface area contributed by atoms with Crippen LogP contribution in [0.25, 0.3) is 0 Å². The second kappa shape index (κ2) is 12.8. The number of nitrogens with zero attached hydrogens (tertiary/aromatic N) is 1. The van der Waals surface area contributed by atoms with Gasteiger partial charge in [-0.3, -0.25) is 14.4 Å². The summed E-state index contributed by atoms with van der Waals surface area (Å²) >= 11 is 5.07. The van der Waals surface area contributed by atoms with E-state index in [4.69, 9.17) is 17.0 Å². The van der Waals surface area contributed by atoms with E-state index in [2.05, 4.69) is 17.2 Å². The quantitative estimate of drug-likeness (QED) is 0.292. The van der Waals surface area contributed by atoms with Gasteiger partial charge in [0.2, 0.25) is 5.91 Å². The van der Waals surface area contributed by atoms with Crippen molar-refractivity contribution in [3.8, 4) is 0 Å². The number of anilines is 1. The molecule has 2 N–H and O–H groups in total. The van der Waals surface area contributed by atoms with Crippen LogP contribution in [0.4, 0.5) is 18.9 Å². The van der Waals surface area contributed by atoms with Crippen LogP contribution in [0.5, 0.6) is 0 Å². The summed E-state index contributed by atoms with van der Waals surface area (Å²) < 4.78 is 44.0. The molecule has 0 aromatic heterocycles. The minimum absolute atomic E-state index is 0.0293. The summed E-state index contributed by atoms with van der Waals surface area (Å²) in [5.74, 6) is -3.04. The highest BCUT2D eigenvalue weighted by molar-refractivity contribution is 7.80. The van der Waals surface area contributed by atoms with Gasteiger partial charge in [-0.25, -0.2) is 0 Å². The number of ether oxygens (including phenoxy) is 1. The zero-order valence-electron chi connectivity index (χ0n) is 17.8. The number of nitrogens with one attached hydrogen (secondary N) is 2. The highest BCUT2D eigenvalue weighted by Gasteiger charge is 2.42. The Morgan fingerprint density at radius 2 is 1.88 bits per heavy atom. The fourth-order valence-electron chi connectivity index (χ4n) is 2.71. The smallest absolute Gasteiger partial charge is 0.466 e. The molecule has 7 nitrogen and oxygen atoms in total. The maximum Gasteiger partial charge on any atom is 0.471 e. The maximum atomic E-state index is 13.1. The molecular formula is C21H26F3N3O4S. The van der Waals surface area contributed by atoms with Gasteiger partial charge in [0.05, 0.1) is 19.1 Å². The summed E-state index contributed by atoms with van der Waals surface area (Å²) in [6.07, 6.45) is -4.01. The van der Waals surface area contributed by atoms with Crippen molar-refractivity contribution >= 4 is 40.7 Å². The van der Waals surface area contributed by atoms with Crippen LogP contribution in [0.1, 0.15) is 31.7 Å². The Kier molecular flexibility index (Phi) is 10.8. The Hall–Kier alpha value is -2.95. The van der Waals surface area contributed by atoms with E-state index >= 15 is 0 Å². The van der Waals surface area contributed by atoms with Crippen LogP contribution < -0.4 is 15.5 Å². The molecule has 176 valence electrons. The normalized spacial score (nSPS) is 11.8. The van der Waals surface area contributed by atoms with E-state index in [1.165, 1.54) is 30.3 Å². The highest BCUT2D eigenvalue weighted by atomic mass is 32.1. The highest BCUT2D eigenvalue weighted by Crippen LogP contribution is 2.24. The van der Waals surface area contributed by atoms with Gasteiger partial charge in [0.25, 0.3) is 0 Å². The van der Waals surface area contributed by atoms with Crippen molar-refractivity contribution in [2.75, 3.05) is 25.1 Å². The molecule has 0 saturated carbocycles. The van der Waals surface area contributed by atoms with Gasteiger partial charge in [-0.05, 0) is 37.6 Å². The van der Waals surface area contributed by atoms with Gasteiger partial charge in [-0.1, -0.05) is 18.3 Å². The predicted molar refractivity (Wildman–Crippen MR) is 118 cm³/mol. The van der Waals surface area contributed by atoms with E-state index < -0.39 is 30.0 Å². The molecule has 0 heterocycles.